The molecule has 4 heterocycles. The van der Waals surface area contributed by atoms with Gasteiger partial charge in [-0.1, -0.05) is 24.3 Å². The normalized spacial score (nSPS) is 13.8. The van der Waals surface area contributed by atoms with Gasteiger partial charge in [0.15, 0.2) is 0 Å². The number of nitrogens with one attached hydrogen (secondary N) is 4. The van der Waals surface area contributed by atoms with Crippen LogP contribution in [0.2, 0.25) is 0 Å². The summed E-state index contributed by atoms with van der Waals surface area (Å²) in [4.78, 5) is 28.0. The van der Waals surface area contributed by atoms with Crippen molar-refractivity contribution in [1.29, 1.82) is 0 Å². The molecule has 2 fully saturated rings. The zero-order valence-electron chi connectivity index (χ0n) is 41.8. The van der Waals surface area contributed by atoms with Gasteiger partial charge in [0.05, 0.1) is 46.0 Å². The van der Waals surface area contributed by atoms with Gasteiger partial charge in [-0.25, -0.2) is 33.7 Å². The van der Waals surface area contributed by atoms with Crippen molar-refractivity contribution in [1.82, 2.24) is 29.9 Å². The molecule has 0 bridgehead atoms. The monoisotopic (exact) mass is 1160 g/mol. The van der Waals surface area contributed by atoms with E-state index >= 15 is 0 Å². The maximum Gasteiger partial charge on any atom is 0.233 e. The van der Waals surface area contributed by atoms with Crippen LogP contribution in [0.25, 0.3) is 12.2 Å². The number of hydrogen-bond acceptors (Lipinski definition) is 26. The average molecular weight is 1160 g/mol. The molecule has 0 saturated carbocycles. The van der Waals surface area contributed by atoms with Crippen LogP contribution in [0.15, 0.2) is 105 Å². The van der Waals surface area contributed by atoms with Crippen molar-refractivity contribution >= 4 is 223 Å². The zero-order valence-corrected chi connectivity index (χ0v) is 53.1. The first-order valence-corrected chi connectivity index (χ1v) is 26.8. The summed E-state index contributed by atoms with van der Waals surface area (Å²) in [5, 5.41) is 11.5. The molecule has 4 radical (unpaired) electrons. The fourth-order valence-electron chi connectivity index (χ4n) is 6.80. The molecule has 386 valence electrons. The Morgan fingerprint density at radius 1 is 0.461 bits per heavy atom. The number of aryl methyl sites for hydroxylation is 1. The molecule has 0 spiro atoms. The summed E-state index contributed by atoms with van der Waals surface area (Å²) in [6.07, 6.45) is 2.40. The van der Waals surface area contributed by atoms with Crippen LogP contribution in [0.3, 0.4) is 0 Å². The van der Waals surface area contributed by atoms with Gasteiger partial charge in [-0.15, -0.1) is 0 Å². The summed E-state index contributed by atoms with van der Waals surface area (Å²) in [6, 6.07) is 18.1. The molecule has 6 aromatic rings. The van der Waals surface area contributed by atoms with E-state index in [1.165, 1.54) is 79.9 Å². The summed E-state index contributed by atoms with van der Waals surface area (Å²) in [7, 11) is -17.5. The number of aromatic nitrogens is 6. The minimum absolute atomic E-state index is 0. The second-order valence-corrected chi connectivity index (χ2v) is 20.8. The van der Waals surface area contributed by atoms with Crippen molar-refractivity contribution < 1.29 is 61.4 Å². The Kier molecular flexibility index (Phi) is 26.1. The fourth-order valence-corrected chi connectivity index (χ4v) is 9.13. The first-order valence-electron chi connectivity index (χ1n) is 21.1. The Balaban J connectivity index is 0.000000460. The van der Waals surface area contributed by atoms with Crippen molar-refractivity contribution in [3.05, 3.63) is 102 Å². The van der Waals surface area contributed by atoms with E-state index in [4.69, 9.17) is 9.47 Å². The topological polar surface area (TPSA) is 379 Å². The minimum atomic E-state index is -5.07. The van der Waals surface area contributed by atoms with Gasteiger partial charge in [-0.3, -0.25) is 0 Å². The van der Waals surface area contributed by atoms with Crippen LogP contribution in [0.4, 0.5) is 52.5 Å². The van der Waals surface area contributed by atoms with Crippen molar-refractivity contribution in [3.63, 3.8) is 0 Å². The number of rotatable bonds is 15. The summed E-state index contributed by atoms with van der Waals surface area (Å²) in [6.45, 7) is 6.14. The Morgan fingerprint density at radius 3 is 1.18 bits per heavy atom. The van der Waals surface area contributed by atoms with Gasteiger partial charge in [0.2, 0.25) is 29.7 Å². The van der Waals surface area contributed by atoms with E-state index in [9.17, 15) is 51.9 Å². The Labute approximate surface area is 527 Å². The van der Waals surface area contributed by atoms with E-state index < -0.39 is 55.2 Å². The van der Waals surface area contributed by atoms with Crippen molar-refractivity contribution in [3.8, 4) is 0 Å². The van der Waals surface area contributed by atoms with E-state index in [-0.39, 0.29) is 158 Å². The van der Waals surface area contributed by atoms with Gasteiger partial charge in [-0.05, 0) is 90.8 Å². The van der Waals surface area contributed by atoms with Crippen LogP contribution < -0.4 is 31.1 Å². The SMILES string of the molecule is CNc1ccc(/C=C/c2ccc(Nc3nc(Nc4ccc(S(=O)(=O)[O-])cc4)nc(N4CCOCC4)n3)cc2S(=O)(=O)[O-])c(S(=O)(=O)[O-])c1.Cc1nc(Nc2ccc(S(=O)(=O)[O-])cc2)nc(N2CCOCC2)n1.[Na].[Na].[Na].[Na]. The summed E-state index contributed by atoms with van der Waals surface area (Å²) >= 11 is 0. The molecular formula is C42H42N12Na4O14S4-4. The molecule has 2 aromatic heterocycles. The number of morpholine rings is 2. The second kappa shape index (κ2) is 29.5. The summed E-state index contributed by atoms with van der Waals surface area (Å²) in [5.41, 5.74) is 1.26. The number of benzene rings is 4. The van der Waals surface area contributed by atoms with Crippen molar-refractivity contribution in [2.24, 2.45) is 0 Å². The molecule has 4 aromatic carbocycles. The minimum Gasteiger partial charge on any atom is -0.744 e. The van der Waals surface area contributed by atoms with Crippen molar-refractivity contribution in [2.75, 3.05) is 90.7 Å². The standard InChI is InChI=1S/C28H29N7O10S3.C14H17N5O4S.4Na/c1-29-21-6-4-18(24(16-21)47(39,40)41)2-3-19-5-7-22(17-25(19)48(42,43)44)31-27-32-26(33-28(34-27)35-12-14-45-15-13-35)30-20-8-10-23(11-9-20)46(36,37)38;1-10-15-13(18-14(16-10)19-6-8-23-9-7-19)17-11-2-4-12(5-3-11)24(20,21)22;;;;/h2-11,16-17,29H,12-15H2,1H3,(H,36,37,38)(H,39,40,41)(H,42,43,44)(H2,30,31,32,33,34);2-5H,6-9H2,1H3,(H,20,21,22)(H,15,16,17,18);;;;/p-4/b3-2+;;;;;. The van der Waals surface area contributed by atoms with Crippen LogP contribution in [-0.2, 0) is 49.9 Å². The van der Waals surface area contributed by atoms with E-state index in [0.29, 0.717) is 87.4 Å². The molecule has 0 amide bonds. The average Bonchev–Trinajstić information content (AvgIpc) is 3.33. The number of hydrogen-bond donors (Lipinski definition) is 4. The molecule has 76 heavy (non-hydrogen) atoms. The maximum atomic E-state index is 12.3. The maximum absolute atomic E-state index is 12.3. The van der Waals surface area contributed by atoms with Crippen LogP contribution >= 0.6 is 0 Å². The van der Waals surface area contributed by atoms with E-state index in [1.54, 1.807) is 6.92 Å². The van der Waals surface area contributed by atoms with Gasteiger partial charge >= 0.3 is 0 Å². The van der Waals surface area contributed by atoms with Crippen LogP contribution in [0.1, 0.15) is 17.0 Å². The molecule has 0 aliphatic carbocycles. The van der Waals surface area contributed by atoms with Crippen LogP contribution in [0.5, 0.6) is 0 Å². The van der Waals surface area contributed by atoms with Gasteiger partial charge in [0.1, 0.15) is 46.3 Å². The van der Waals surface area contributed by atoms with E-state index in [2.05, 4.69) is 51.2 Å². The molecule has 2 aliphatic heterocycles. The fraction of sp³-hybridized carbons (Fsp3) is 0.238. The third kappa shape index (κ3) is 19.4. The summed E-state index contributed by atoms with van der Waals surface area (Å²) in [5.74, 6) is 1.65. The van der Waals surface area contributed by atoms with Gasteiger partial charge in [-0.2, -0.15) is 29.9 Å². The van der Waals surface area contributed by atoms with Gasteiger partial charge in [0, 0.05) is 174 Å². The Morgan fingerprint density at radius 2 is 0.803 bits per heavy atom. The first kappa shape index (κ1) is 67.3. The predicted molar refractivity (Wildman–Crippen MR) is 279 cm³/mol. The van der Waals surface area contributed by atoms with Crippen molar-refractivity contribution in [2.45, 2.75) is 26.5 Å². The van der Waals surface area contributed by atoms with Gasteiger partial charge in [0.25, 0.3) is 0 Å². The van der Waals surface area contributed by atoms with E-state index in [0.717, 1.165) is 24.3 Å². The number of anilines is 9. The van der Waals surface area contributed by atoms with Crippen LogP contribution in [-0.4, -0.2) is 260 Å². The van der Waals surface area contributed by atoms with Crippen LogP contribution in [0, 0.1) is 6.92 Å². The zero-order chi connectivity index (χ0) is 51.8. The third-order valence-corrected chi connectivity index (χ3v) is 13.8. The Hall–Kier alpha value is -3.00. The predicted octanol–water partition coefficient (Wildman–Crippen LogP) is 1.26. The molecule has 2 aliphatic rings. The van der Waals surface area contributed by atoms with Gasteiger partial charge < -0.3 is 58.8 Å². The first-order chi connectivity index (χ1) is 34.0. The summed E-state index contributed by atoms with van der Waals surface area (Å²) < 4.78 is 150. The molecule has 4 N–H and O–H groups in total. The molecule has 8 rings (SSSR count). The number of ether oxygens (including phenoxy) is 2. The number of nitrogens with zero attached hydrogens (tertiary/aromatic N) is 8. The largest absolute Gasteiger partial charge is 0.744 e. The third-order valence-electron chi connectivity index (χ3n) is 10.3. The Bertz CT molecular complexity index is 3440. The molecule has 26 nitrogen and oxygen atoms in total. The van der Waals surface area contributed by atoms with E-state index in [1.807, 2.05) is 9.80 Å². The molecule has 0 atom stereocenters. The molecule has 0 unspecified atom stereocenters. The smallest absolute Gasteiger partial charge is 0.233 e. The second-order valence-electron chi connectivity index (χ2n) is 15.3. The molecule has 34 heteroatoms. The molecule has 2 saturated heterocycles. The molecular weight excluding hydrogens is 1120 g/mol. The quantitative estimate of drug-likeness (QED) is 0.0639.